The van der Waals surface area contributed by atoms with E-state index >= 15 is 0 Å². The van der Waals surface area contributed by atoms with Crippen LogP contribution in [0.2, 0.25) is 0 Å². The zero-order valence-corrected chi connectivity index (χ0v) is 40.7. The summed E-state index contributed by atoms with van der Waals surface area (Å²) in [5.74, 6) is -0.425. The van der Waals surface area contributed by atoms with E-state index in [0.29, 0.717) is 11.4 Å². The van der Waals surface area contributed by atoms with Crippen LogP contribution < -0.4 is 0 Å². The van der Waals surface area contributed by atoms with Crippen LogP contribution in [-0.2, 0) is 26.5 Å². The Balaban J connectivity index is 0.00000630. The van der Waals surface area contributed by atoms with Crippen molar-refractivity contribution in [2.75, 3.05) is 0 Å². The van der Waals surface area contributed by atoms with Crippen molar-refractivity contribution in [2.24, 2.45) is 0 Å². The average Bonchev–Trinajstić information content (AvgIpc) is 3.65. The molecule has 6 aromatic carbocycles. The van der Waals surface area contributed by atoms with Crippen molar-refractivity contribution < 1.29 is 28.9 Å². The number of aromatic hydroxyl groups is 1. The molecule has 0 aliphatic carbocycles. The van der Waals surface area contributed by atoms with Gasteiger partial charge in [-0.1, -0.05) is 172 Å². The van der Waals surface area contributed by atoms with Crippen LogP contribution in [0.25, 0.3) is 72.7 Å². The second-order valence-electron chi connectivity index (χ2n) is 18.8. The number of imidazole rings is 1. The number of benzene rings is 6. The fourth-order valence-electron chi connectivity index (χ4n) is 8.38. The quantitative estimate of drug-likeness (QED) is 0.139. The van der Waals surface area contributed by atoms with Crippen LogP contribution >= 0.6 is 0 Å². The number of phenolic OH excluding ortho intramolecular Hbond substituents is 1. The van der Waals surface area contributed by atoms with Gasteiger partial charge in [0.25, 0.3) is 0 Å². The molecule has 0 saturated heterocycles. The Bertz CT molecular complexity index is 3000. The number of hydrogen-bond donors (Lipinski definition) is 1. The molecule has 63 heavy (non-hydrogen) atoms. The summed E-state index contributed by atoms with van der Waals surface area (Å²) < 4.78 is 20.0. The molecule has 0 fully saturated rings. The first-order chi connectivity index (χ1) is 30.2. The Labute approximate surface area is 392 Å². The van der Waals surface area contributed by atoms with Gasteiger partial charge in [0.1, 0.15) is 11.6 Å². The van der Waals surface area contributed by atoms with Crippen LogP contribution in [0.1, 0.15) is 130 Å². The molecule has 0 saturated carbocycles. The van der Waals surface area contributed by atoms with E-state index in [9.17, 15) is 6.48 Å². The van der Waals surface area contributed by atoms with Gasteiger partial charge in [0.05, 0.1) is 16.6 Å². The summed E-state index contributed by atoms with van der Waals surface area (Å²) in [7, 11) is 0. The number of nitrogens with zero attached hydrogens (tertiary/aromatic N) is 3. The molecule has 0 radical (unpaired) electrons. The largest absolute Gasteiger partial charge is 0.507 e. The van der Waals surface area contributed by atoms with Crippen LogP contribution in [0.5, 0.6) is 5.75 Å². The summed E-state index contributed by atoms with van der Waals surface area (Å²) in [5, 5.41) is 12.2. The Kier molecular flexibility index (Phi) is 12.4. The minimum absolute atomic E-state index is 0. The molecular formula is C58H60N3OPt-. The molecule has 2 heterocycles. The van der Waals surface area contributed by atoms with Crippen molar-refractivity contribution in [2.45, 2.75) is 105 Å². The summed E-state index contributed by atoms with van der Waals surface area (Å²) in [6, 6.07) is 47.8. The number of fused-ring (bicyclic) bond motifs is 1. The third-order valence-corrected chi connectivity index (χ3v) is 12.1. The molecule has 0 amide bonds. The van der Waals surface area contributed by atoms with Gasteiger partial charge in [-0.05, 0) is 104 Å². The molecule has 0 bridgehead atoms. The minimum atomic E-state index is -0.917. The van der Waals surface area contributed by atoms with Gasteiger partial charge in [0.2, 0.25) is 0 Å². The van der Waals surface area contributed by atoms with Crippen molar-refractivity contribution in [3.05, 3.63) is 167 Å². The van der Waals surface area contributed by atoms with Crippen LogP contribution in [0, 0.1) is 6.07 Å². The second-order valence-corrected chi connectivity index (χ2v) is 18.8. The van der Waals surface area contributed by atoms with Crippen molar-refractivity contribution in [1.82, 2.24) is 14.5 Å². The third kappa shape index (κ3) is 9.11. The standard InChI is InChI=1S/C58H60N3O.Pt/c1-35(2)39-20-22-40(23-21-39)42-26-27-59-53(33-42)45-28-44(29-46(30-45)58(9,10)11)49-18-15-19-54-55(49)60-57(52-32-43(36(3)4)31-51(38(7)8)56(52)62)61(54)47-24-25-48(50(34-47)37(5)6)41-16-13-12-14-17-41;/h12-27,29-38,62H,1-11H3;/q-1;/i35D,37D;. The monoisotopic (exact) mass is 1010 g/mol. The molecular weight excluding hydrogens is 950 g/mol. The van der Waals surface area contributed by atoms with Gasteiger partial charge in [-0.25, -0.2) is 4.98 Å². The number of pyridine rings is 1. The predicted octanol–water partition coefficient (Wildman–Crippen LogP) is 16.0. The van der Waals surface area contributed by atoms with Crippen molar-refractivity contribution >= 4 is 11.0 Å². The van der Waals surface area contributed by atoms with Gasteiger partial charge in [0.15, 0.2) is 0 Å². The average molecular weight is 1010 g/mol. The molecule has 1 N–H and O–H groups in total. The SMILES string of the molecule is [2H]C(C)(C)c1ccc(-c2ccnc(-c3[c-]c(-c4cccc5c4nc(-c4cc(C(C)C)cc(C(C)C)c4O)n5-c4ccc(-c5ccccc5)c(C([2H])(C)C)c4)cc(C(C)(C)C)c3)c2)cc1.[Pt]. The molecule has 0 aliphatic rings. The molecule has 2 aromatic heterocycles. The smallest absolute Gasteiger partial charge is 0.148 e. The zero-order chi connectivity index (χ0) is 45.9. The maximum Gasteiger partial charge on any atom is 0.148 e. The van der Waals surface area contributed by atoms with E-state index < -0.39 is 11.8 Å². The maximum absolute atomic E-state index is 12.2. The predicted molar refractivity (Wildman–Crippen MR) is 262 cm³/mol. The number of phenols is 1. The number of para-hydroxylation sites is 1. The first-order valence-corrected chi connectivity index (χ1v) is 21.9. The molecule has 0 unspecified atom stereocenters. The van der Waals surface area contributed by atoms with Gasteiger partial charge < -0.3 is 5.11 Å². The van der Waals surface area contributed by atoms with Gasteiger partial charge in [-0.2, -0.15) is 0 Å². The Morgan fingerprint density at radius 2 is 1.32 bits per heavy atom. The van der Waals surface area contributed by atoms with Crippen LogP contribution in [-0.4, -0.2) is 19.6 Å². The van der Waals surface area contributed by atoms with Crippen molar-refractivity contribution in [1.29, 1.82) is 0 Å². The summed E-state index contributed by atoms with van der Waals surface area (Å²) >= 11 is 0. The molecule has 324 valence electrons. The van der Waals surface area contributed by atoms with E-state index in [2.05, 4.69) is 150 Å². The zero-order valence-electron chi connectivity index (χ0n) is 40.5. The molecule has 0 atom stereocenters. The second kappa shape index (κ2) is 18.3. The number of rotatable bonds is 10. The maximum atomic E-state index is 12.2. The van der Waals surface area contributed by atoms with E-state index in [1.54, 1.807) is 0 Å². The molecule has 8 aromatic rings. The number of aromatic nitrogens is 3. The minimum Gasteiger partial charge on any atom is -0.507 e. The Morgan fingerprint density at radius 3 is 1.97 bits per heavy atom. The fraction of sp³-hybridized carbons (Fsp3) is 0.276. The molecule has 8 rings (SSSR count). The van der Waals surface area contributed by atoms with E-state index in [4.69, 9.17) is 11.3 Å². The van der Waals surface area contributed by atoms with Crippen LogP contribution in [0.3, 0.4) is 0 Å². The molecule has 0 spiro atoms. The normalized spacial score (nSPS) is 12.7. The van der Waals surface area contributed by atoms with E-state index in [-0.39, 0.29) is 44.1 Å². The van der Waals surface area contributed by atoms with Gasteiger partial charge in [-0.15, -0.1) is 29.3 Å². The first kappa shape index (κ1) is 42.7. The van der Waals surface area contributed by atoms with Gasteiger partial charge in [-0.3, -0.25) is 9.55 Å². The number of hydrogen-bond acceptors (Lipinski definition) is 3. The van der Waals surface area contributed by atoms with Gasteiger partial charge >= 0.3 is 0 Å². The summed E-state index contributed by atoms with van der Waals surface area (Å²) in [6.07, 6.45) is 1.86. The van der Waals surface area contributed by atoms with E-state index in [1.165, 1.54) is 0 Å². The summed E-state index contributed by atoms with van der Waals surface area (Å²) in [5.41, 5.74) is 15.7. The Hall–Kier alpha value is -5.57. The Morgan fingerprint density at radius 1 is 0.603 bits per heavy atom. The van der Waals surface area contributed by atoms with Crippen molar-refractivity contribution in [3.8, 4) is 67.5 Å². The van der Waals surface area contributed by atoms with Crippen molar-refractivity contribution in [3.63, 3.8) is 0 Å². The van der Waals surface area contributed by atoms with Crippen LogP contribution in [0.4, 0.5) is 0 Å². The van der Waals surface area contributed by atoms with Crippen LogP contribution in [0.15, 0.2) is 134 Å². The summed E-state index contributed by atoms with van der Waals surface area (Å²) in [6.45, 7) is 23.0. The molecule has 0 aliphatic heterocycles. The molecule has 4 nitrogen and oxygen atoms in total. The van der Waals surface area contributed by atoms with E-state index in [1.807, 2.05) is 70.3 Å². The topological polar surface area (TPSA) is 50.9 Å². The van der Waals surface area contributed by atoms with E-state index in [0.717, 1.165) is 89.2 Å². The van der Waals surface area contributed by atoms with Gasteiger partial charge in [0, 0.05) is 41.4 Å². The first-order valence-electron chi connectivity index (χ1n) is 22.9. The third-order valence-electron chi connectivity index (χ3n) is 12.1. The molecule has 5 heteroatoms. The fourth-order valence-corrected chi connectivity index (χ4v) is 8.38. The summed E-state index contributed by atoms with van der Waals surface area (Å²) in [4.78, 5) is 10.4.